The maximum absolute atomic E-state index is 12.1. The second-order valence-electron chi connectivity index (χ2n) is 9.92. The molecule has 2 aliphatic carbocycles. The first kappa shape index (κ1) is 24.6. The quantitative estimate of drug-likeness (QED) is 0.483. The monoisotopic (exact) mass is 467 g/mol. The minimum Gasteiger partial charge on any atom is -0.367 e. The van der Waals surface area contributed by atoms with Crippen LogP contribution in [0.3, 0.4) is 0 Å². The van der Waals surface area contributed by atoms with E-state index in [2.05, 4.69) is 39.2 Å². The summed E-state index contributed by atoms with van der Waals surface area (Å²) in [7, 11) is 0. The van der Waals surface area contributed by atoms with Crippen LogP contribution in [0.4, 0.5) is 5.69 Å². The molecule has 2 aromatic rings. The molecule has 4 rings (SSSR count). The number of hydrogen-bond acceptors (Lipinski definition) is 4. The molecule has 3 unspecified atom stereocenters. The first-order valence-corrected chi connectivity index (χ1v) is 12.0. The second kappa shape index (κ2) is 9.27. The molecule has 0 fully saturated rings. The maximum atomic E-state index is 12.1. The number of rotatable bonds is 6. The van der Waals surface area contributed by atoms with E-state index < -0.39 is 5.72 Å². The lowest BCUT2D eigenvalue weighted by Crippen LogP contribution is -2.41. The summed E-state index contributed by atoms with van der Waals surface area (Å²) >= 11 is 0. The summed E-state index contributed by atoms with van der Waals surface area (Å²) in [6.07, 6.45) is 9.21. The Morgan fingerprint density at radius 1 is 1.06 bits per heavy atom. The predicted octanol–water partition coefficient (Wildman–Crippen LogP) is 4.55. The zero-order chi connectivity index (χ0) is 25.5. The number of anilines is 1. The Hall–Kier alpha value is -3.50. The Bertz CT molecular complexity index is 1380. The molecular weight excluding hydrogens is 434 g/mol. The van der Waals surface area contributed by atoms with Crippen molar-refractivity contribution in [3.8, 4) is 0 Å². The van der Waals surface area contributed by atoms with Crippen LogP contribution >= 0.6 is 0 Å². The Morgan fingerprint density at radius 3 is 2.37 bits per heavy atom. The summed E-state index contributed by atoms with van der Waals surface area (Å²) in [4.78, 5) is 23.5. The van der Waals surface area contributed by atoms with Gasteiger partial charge >= 0.3 is 0 Å². The number of aliphatic hydroxyl groups is 1. The van der Waals surface area contributed by atoms with Gasteiger partial charge < -0.3 is 10.4 Å². The van der Waals surface area contributed by atoms with Crippen molar-refractivity contribution < 1.29 is 14.7 Å². The SMILES string of the molecule is C=c1c(C=O)ccc(C2C=CC(C=O)=C3C(C(C)(O)Nc4cc(C)c(C)c(C)c4)=CCCC32)c1=C. The molecule has 0 aliphatic heterocycles. The third-order valence-corrected chi connectivity index (χ3v) is 7.67. The van der Waals surface area contributed by atoms with E-state index >= 15 is 0 Å². The van der Waals surface area contributed by atoms with Crippen LogP contribution in [-0.2, 0) is 4.79 Å². The van der Waals surface area contributed by atoms with E-state index in [-0.39, 0.29) is 11.8 Å². The zero-order valence-electron chi connectivity index (χ0n) is 20.9. The molecular formula is C31H33NO3. The van der Waals surface area contributed by atoms with E-state index in [0.717, 1.165) is 64.2 Å². The Morgan fingerprint density at radius 2 is 1.74 bits per heavy atom. The van der Waals surface area contributed by atoms with E-state index in [0.29, 0.717) is 16.4 Å². The van der Waals surface area contributed by atoms with Gasteiger partial charge in [-0.05, 0) is 96.9 Å². The molecule has 0 saturated heterocycles. The van der Waals surface area contributed by atoms with Gasteiger partial charge in [0.05, 0.1) is 0 Å². The van der Waals surface area contributed by atoms with E-state index in [9.17, 15) is 14.7 Å². The number of carbonyl (C=O) groups excluding carboxylic acids is 2. The van der Waals surface area contributed by atoms with Gasteiger partial charge in [0, 0.05) is 28.3 Å². The third kappa shape index (κ3) is 4.35. The van der Waals surface area contributed by atoms with Gasteiger partial charge in [-0.2, -0.15) is 0 Å². The van der Waals surface area contributed by atoms with Crippen LogP contribution in [-0.4, -0.2) is 23.4 Å². The lowest BCUT2D eigenvalue weighted by atomic mass is 9.67. The van der Waals surface area contributed by atoms with Gasteiger partial charge in [-0.15, -0.1) is 0 Å². The molecule has 0 saturated carbocycles. The molecule has 0 bridgehead atoms. The van der Waals surface area contributed by atoms with Gasteiger partial charge in [0.25, 0.3) is 0 Å². The van der Waals surface area contributed by atoms with Crippen molar-refractivity contribution in [2.24, 2.45) is 5.92 Å². The minimum absolute atomic E-state index is 0.00283. The predicted molar refractivity (Wildman–Crippen MR) is 143 cm³/mol. The fraction of sp³-hybridized carbons (Fsp3) is 0.290. The number of fused-ring (bicyclic) bond motifs is 1. The standard InChI is InChI=1S/C31H33NO3/c1-18-14-25(15-19(2)20(18)3)32-31(6,35)29-9-7-8-28-27(13-11-24(17-34)30(28)29)26-12-10-23(16-33)21(4)22(26)5/h9-17,27-28,32,35H,4-5,7-8H2,1-3,6H3. The highest BCUT2D eigenvalue weighted by atomic mass is 16.3. The molecule has 180 valence electrons. The van der Waals surface area contributed by atoms with Gasteiger partial charge in [-0.3, -0.25) is 9.59 Å². The van der Waals surface area contributed by atoms with E-state index in [1.54, 1.807) is 13.0 Å². The van der Waals surface area contributed by atoms with Gasteiger partial charge in [-0.1, -0.05) is 43.5 Å². The Balaban J connectivity index is 1.76. The van der Waals surface area contributed by atoms with Crippen molar-refractivity contribution in [3.05, 3.63) is 97.5 Å². The fourth-order valence-electron chi connectivity index (χ4n) is 5.51. The molecule has 0 heterocycles. The molecule has 2 aliphatic rings. The molecule has 2 N–H and O–H groups in total. The molecule has 2 aromatic carbocycles. The van der Waals surface area contributed by atoms with E-state index in [1.807, 2.05) is 36.4 Å². The molecule has 4 heteroatoms. The summed E-state index contributed by atoms with van der Waals surface area (Å²) < 4.78 is 0. The molecule has 0 radical (unpaired) electrons. The Labute approximate surface area is 207 Å². The van der Waals surface area contributed by atoms with Crippen molar-refractivity contribution in [1.29, 1.82) is 0 Å². The van der Waals surface area contributed by atoms with Crippen LogP contribution in [0.15, 0.2) is 59.2 Å². The van der Waals surface area contributed by atoms with E-state index in [4.69, 9.17) is 0 Å². The minimum atomic E-state index is -1.38. The average molecular weight is 468 g/mol. The average Bonchev–Trinajstić information content (AvgIpc) is 2.83. The number of nitrogens with one attached hydrogen (secondary N) is 1. The summed E-state index contributed by atoms with van der Waals surface area (Å²) in [6, 6.07) is 7.79. The Kier molecular flexibility index (Phi) is 6.52. The number of aldehydes is 2. The first-order chi connectivity index (χ1) is 16.6. The zero-order valence-corrected chi connectivity index (χ0v) is 20.9. The van der Waals surface area contributed by atoms with Crippen LogP contribution < -0.4 is 15.8 Å². The van der Waals surface area contributed by atoms with Crippen LogP contribution in [0.1, 0.15) is 58.3 Å². The van der Waals surface area contributed by atoms with Gasteiger partial charge in [0.1, 0.15) is 6.29 Å². The lowest BCUT2D eigenvalue weighted by Gasteiger charge is -2.41. The molecule has 3 atom stereocenters. The number of allylic oxidation sites excluding steroid dienone is 4. The molecule has 0 amide bonds. The molecule has 0 spiro atoms. The molecule has 4 nitrogen and oxygen atoms in total. The maximum Gasteiger partial charge on any atom is 0.159 e. The topological polar surface area (TPSA) is 66.4 Å². The van der Waals surface area contributed by atoms with Crippen molar-refractivity contribution in [1.82, 2.24) is 0 Å². The van der Waals surface area contributed by atoms with Crippen molar-refractivity contribution in [2.75, 3.05) is 5.32 Å². The van der Waals surface area contributed by atoms with Gasteiger partial charge in [0.15, 0.2) is 12.0 Å². The number of benzene rings is 2. The number of hydrogen-bond donors (Lipinski definition) is 2. The third-order valence-electron chi connectivity index (χ3n) is 7.67. The van der Waals surface area contributed by atoms with Crippen molar-refractivity contribution in [3.63, 3.8) is 0 Å². The second-order valence-corrected chi connectivity index (χ2v) is 9.92. The van der Waals surface area contributed by atoms with Crippen LogP contribution in [0.5, 0.6) is 0 Å². The highest BCUT2D eigenvalue weighted by Crippen LogP contribution is 2.47. The van der Waals surface area contributed by atoms with Crippen LogP contribution in [0.25, 0.3) is 13.2 Å². The highest BCUT2D eigenvalue weighted by molar-refractivity contribution is 5.82. The molecule has 35 heavy (non-hydrogen) atoms. The summed E-state index contributed by atoms with van der Waals surface area (Å²) in [5.41, 5.74) is 6.68. The largest absolute Gasteiger partial charge is 0.367 e. The smallest absolute Gasteiger partial charge is 0.159 e. The van der Waals surface area contributed by atoms with Crippen molar-refractivity contribution in [2.45, 2.75) is 52.2 Å². The summed E-state index contributed by atoms with van der Waals surface area (Å²) in [6.45, 7) is 16.2. The summed E-state index contributed by atoms with van der Waals surface area (Å²) in [5, 5.41) is 16.4. The molecule has 0 aromatic heterocycles. The fourth-order valence-corrected chi connectivity index (χ4v) is 5.51. The van der Waals surface area contributed by atoms with Crippen molar-refractivity contribution >= 4 is 31.4 Å². The number of carbonyl (C=O) groups is 2. The summed E-state index contributed by atoms with van der Waals surface area (Å²) in [5.74, 6) is -0.0392. The highest BCUT2D eigenvalue weighted by Gasteiger charge is 2.39. The van der Waals surface area contributed by atoms with Gasteiger partial charge in [0.2, 0.25) is 0 Å². The van der Waals surface area contributed by atoms with Crippen LogP contribution in [0.2, 0.25) is 0 Å². The first-order valence-electron chi connectivity index (χ1n) is 12.0. The van der Waals surface area contributed by atoms with Gasteiger partial charge in [-0.25, -0.2) is 0 Å². The van der Waals surface area contributed by atoms with Crippen LogP contribution in [0, 0.1) is 26.7 Å². The lowest BCUT2D eigenvalue weighted by molar-refractivity contribution is -0.104. The normalized spacial score (nSPS) is 21.1. The van der Waals surface area contributed by atoms with E-state index in [1.165, 1.54) is 5.56 Å². The number of aryl methyl sites for hydroxylation is 2.